The van der Waals surface area contributed by atoms with Crippen molar-refractivity contribution in [1.29, 1.82) is 0 Å². The molecule has 3 aromatic carbocycles. The normalized spacial score (nSPS) is 11.2. The molecule has 2 aromatic heterocycles. The maximum absolute atomic E-state index is 13.3. The Balaban J connectivity index is 1.60. The summed E-state index contributed by atoms with van der Waals surface area (Å²) in [5.41, 5.74) is 1.28. The zero-order valence-corrected chi connectivity index (χ0v) is 18.5. The van der Waals surface area contributed by atoms with Gasteiger partial charge in [-0.15, -0.1) is 5.10 Å². The molecule has 0 radical (unpaired) electrons. The molecule has 0 saturated carbocycles. The molecule has 0 saturated heterocycles. The molecule has 0 fully saturated rings. The third kappa shape index (κ3) is 3.79. The van der Waals surface area contributed by atoms with Crippen LogP contribution in [-0.2, 0) is 19.5 Å². The van der Waals surface area contributed by atoms with Crippen molar-refractivity contribution in [3.63, 3.8) is 0 Å². The summed E-state index contributed by atoms with van der Waals surface area (Å²) in [6.07, 6.45) is 0.598. The van der Waals surface area contributed by atoms with Gasteiger partial charge in [0.15, 0.2) is 5.78 Å². The number of benzene rings is 3. The Morgan fingerprint density at radius 1 is 0.912 bits per heavy atom. The first-order valence-corrected chi connectivity index (χ1v) is 10.9. The molecule has 0 aliphatic rings. The number of methoxy groups -OCH3 is 1. The second kappa shape index (κ2) is 8.82. The first-order valence-electron chi connectivity index (χ1n) is 10.9. The molecule has 0 aliphatic carbocycles. The van der Waals surface area contributed by atoms with Crippen molar-refractivity contribution in [2.45, 2.75) is 19.5 Å². The summed E-state index contributed by atoms with van der Waals surface area (Å²) in [5, 5.41) is 4.84. The topological polar surface area (TPSA) is 87.6 Å². The van der Waals surface area contributed by atoms with Gasteiger partial charge in [-0.2, -0.15) is 0 Å². The lowest BCUT2D eigenvalue weighted by atomic mass is 10.1. The molecule has 0 atom stereocenters. The van der Waals surface area contributed by atoms with Crippen LogP contribution < -0.4 is 16.0 Å². The summed E-state index contributed by atoms with van der Waals surface area (Å²) >= 11 is 0. The summed E-state index contributed by atoms with van der Waals surface area (Å²) in [6.45, 7) is 0.105. The van der Waals surface area contributed by atoms with Crippen LogP contribution in [0.1, 0.15) is 15.9 Å². The van der Waals surface area contributed by atoms with Crippen molar-refractivity contribution in [1.82, 2.24) is 18.7 Å². The standard InChI is InChI=1S/C26H22N4O4/c1-34-20-13-11-19(12-14-20)23(31)17-29-26(33)30-22-10-6-5-9-21(22)24(32)28(25(30)27-29)16-15-18-7-3-2-4-8-18/h2-14H,15-17H2,1H3. The summed E-state index contributed by atoms with van der Waals surface area (Å²) in [5.74, 6) is 0.582. The Morgan fingerprint density at radius 2 is 1.62 bits per heavy atom. The molecular weight excluding hydrogens is 432 g/mol. The molecule has 0 bridgehead atoms. The number of ketones is 1. The van der Waals surface area contributed by atoms with Gasteiger partial charge in [-0.05, 0) is 48.4 Å². The highest BCUT2D eigenvalue weighted by Gasteiger charge is 2.19. The molecule has 0 aliphatic heterocycles. The molecule has 0 N–H and O–H groups in total. The van der Waals surface area contributed by atoms with Crippen molar-refractivity contribution >= 4 is 22.5 Å². The van der Waals surface area contributed by atoms with E-state index in [2.05, 4.69) is 5.10 Å². The van der Waals surface area contributed by atoms with E-state index in [1.165, 1.54) is 8.97 Å². The molecule has 8 nitrogen and oxygen atoms in total. The zero-order chi connectivity index (χ0) is 23.7. The average Bonchev–Trinajstić information content (AvgIpc) is 3.20. The van der Waals surface area contributed by atoms with Gasteiger partial charge in [-0.25, -0.2) is 13.9 Å². The Labute approximate surface area is 194 Å². The van der Waals surface area contributed by atoms with Gasteiger partial charge >= 0.3 is 5.69 Å². The number of hydrogen-bond donors (Lipinski definition) is 0. The van der Waals surface area contributed by atoms with Crippen LogP contribution in [0.3, 0.4) is 0 Å². The molecule has 170 valence electrons. The lowest BCUT2D eigenvalue weighted by Crippen LogP contribution is -2.28. The highest BCUT2D eigenvalue weighted by molar-refractivity contribution is 5.96. The number of Topliss-reactive ketones (excluding diaryl/α,β-unsaturated/α-hetero) is 1. The number of fused-ring (bicyclic) bond motifs is 3. The fourth-order valence-corrected chi connectivity index (χ4v) is 4.06. The number of hydrogen-bond acceptors (Lipinski definition) is 5. The van der Waals surface area contributed by atoms with Crippen LogP contribution in [0.15, 0.2) is 88.5 Å². The second-order valence-electron chi connectivity index (χ2n) is 7.94. The van der Waals surface area contributed by atoms with E-state index in [4.69, 9.17) is 4.74 Å². The smallest absolute Gasteiger partial charge is 0.352 e. The van der Waals surface area contributed by atoms with Crippen LogP contribution in [0.2, 0.25) is 0 Å². The first-order chi connectivity index (χ1) is 16.6. The van der Waals surface area contributed by atoms with Gasteiger partial charge in [0, 0.05) is 12.1 Å². The monoisotopic (exact) mass is 454 g/mol. The number of carbonyl (C=O) groups excluding carboxylic acids is 1. The summed E-state index contributed by atoms with van der Waals surface area (Å²) in [6, 6.07) is 23.4. The third-order valence-electron chi connectivity index (χ3n) is 5.86. The van der Waals surface area contributed by atoms with Crippen molar-refractivity contribution in [3.05, 3.63) is 111 Å². The van der Waals surface area contributed by atoms with Crippen LogP contribution in [0.25, 0.3) is 16.7 Å². The fourth-order valence-electron chi connectivity index (χ4n) is 4.06. The number of carbonyl (C=O) groups is 1. The number of rotatable bonds is 7. The molecule has 0 spiro atoms. The lowest BCUT2D eigenvalue weighted by Gasteiger charge is -2.09. The Kier molecular flexibility index (Phi) is 5.55. The minimum absolute atomic E-state index is 0.215. The number of ether oxygens (including phenoxy) is 1. The summed E-state index contributed by atoms with van der Waals surface area (Å²) < 4.78 is 9.16. The minimum Gasteiger partial charge on any atom is -0.497 e. The zero-order valence-electron chi connectivity index (χ0n) is 18.5. The highest BCUT2D eigenvalue weighted by Crippen LogP contribution is 2.14. The minimum atomic E-state index is -0.471. The largest absolute Gasteiger partial charge is 0.497 e. The summed E-state index contributed by atoms with van der Waals surface area (Å²) in [4.78, 5) is 39.5. The van der Waals surface area contributed by atoms with Gasteiger partial charge < -0.3 is 4.74 Å². The molecule has 2 heterocycles. The number of para-hydroxylation sites is 1. The SMILES string of the molecule is COc1ccc(C(=O)Cn2nc3n(CCc4ccccc4)c(=O)c4ccccc4n3c2=O)cc1. The van der Waals surface area contributed by atoms with Gasteiger partial charge in [0.2, 0.25) is 5.78 Å². The third-order valence-corrected chi connectivity index (χ3v) is 5.86. The number of aryl methyl sites for hydroxylation is 2. The van der Waals surface area contributed by atoms with E-state index in [1.54, 1.807) is 55.6 Å². The molecule has 0 amide bonds. The van der Waals surface area contributed by atoms with Crippen LogP contribution in [0.4, 0.5) is 0 Å². The Hall–Kier alpha value is -4.46. The van der Waals surface area contributed by atoms with Crippen molar-refractivity contribution in [2.24, 2.45) is 0 Å². The van der Waals surface area contributed by atoms with E-state index in [1.807, 2.05) is 30.3 Å². The van der Waals surface area contributed by atoms with Crippen molar-refractivity contribution in [2.75, 3.05) is 7.11 Å². The van der Waals surface area contributed by atoms with Gasteiger partial charge in [0.1, 0.15) is 12.3 Å². The molecule has 34 heavy (non-hydrogen) atoms. The van der Waals surface area contributed by atoms with Gasteiger partial charge in [-0.1, -0.05) is 42.5 Å². The molecule has 5 aromatic rings. The lowest BCUT2D eigenvalue weighted by molar-refractivity contribution is 0.0966. The second-order valence-corrected chi connectivity index (χ2v) is 7.94. The van der Waals surface area contributed by atoms with E-state index in [0.717, 1.165) is 10.2 Å². The maximum atomic E-state index is 13.3. The fraction of sp³-hybridized carbons (Fsp3) is 0.154. The van der Waals surface area contributed by atoms with E-state index < -0.39 is 5.69 Å². The van der Waals surface area contributed by atoms with Crippen LogP contribution >= 0.6 is 0 Å². The Bertz CT molecular complexity index is 1610. The van der Waals surface area contributed by atoms with Crippen LogP contribution in [0.5, 0.6) is 5.75 Å². The van der Waals surface area contributed by atoms with Crippen LogP contribution in [0, 0.1) is 0 Å². The molecular formula is C26H22N4O4. The van der Waals surface area contributed by atoms with Gasteiger partial charge in [0.05, 0.1) is 18.0 Å². The molecule has 8 heteroatoms. The average molecular weight is 454 g/mol. The predicted molar refractivity (Wildman–Crippen MR) is 129 cm³/mol. The predicted octanol–water partition coefficient (Wildman–Crippen LogP) is 2.95. The van der Waals surface area contributed by atoms with E-state index in [0.29, 0.717) is 35.2 Å². The highest BCUT2D eigenvalue weighted by atomic mass is 16.5. The Morgan fingerprint density at radius 3 is 2.35 bits per heavy atom. The first kappa shape index (κ1) is 21.4. The van der Waals surface area contributed by atoms with E-state index >= 15 is 0 Å². The van der Waals surface area contributed by atoms with E-state index in [-0.39, 0.29) is 23.7 Å². The van der Waals surface area contributed by atoms with E-state index in [9.17, 15) is 14.4 Å². The van der Waals surface area contributed by atoms with Crippen molar-refractivity contribution in [3.8, 4) is 5.75 Å². The van der Waals surface area contributed by atoms with Gasteiger partial charge in [-0.3, -0.25) is 14.2 Å². The number of aromatic nitrogens is 4. The molecule has 5 rings (SSSR count). The quantitative estimate of drug-likeness (QED) is 0.353. The number of nitrogens with zero attached hydrogens (tertiary/aromatic N) is 4. The maximum Gasteiger partial charge on any atom is 0.352 e. The summed E-state index contributed by atoms with van der Waals surface area (Å²) in [7, 11) is 1.55. The van der Waals surface area contributed by atoms with Gasteiger partial charge in [0.25, 0.3) is 5.56 Å². The van der Waals surface area contributed by atoms with Crippen molar-refractivity contribution < 1.29 is 9.53 Å². The molecule has 0 unspecified atom stereocenters. The van der Waals surface area contributed by atoms with Crippen LogP contribution in [-0.4, -0.2) is 31.6 Å².